The van der Waals surface area contributed by atoms with E-state index in [0.29, 0.717) is 36.9 Å². The average Bonchev–Trinajstić information content (AvgIpc) is 3.07. The molecule has 0 bridgehead atoms. The molecular weight excluding hydrogens is 268 g/mol. The predicted octanol–water partition coefficient (Wildman–Crippen LogP) is 1.79. The van der Waals surface area contributed by atoms with Crippen molar-refractivity contribution in [3.8, 4) is 11.5 Å². The standard InChI is InChI=1S/C16H18N2O3/c1-11-14(9-15(20)18-8-7-13(19)10-18)17-16(21-11)12-5-3-2-4-6-12/h2-6,13,19H,7-10H2,1H3/t13-/m1/s1. The number of aromatic nitrogens is 1. The second kappa shape index (κ2) is 5.69. The first-order valence-electron chi connectivity index (χ1n) is 7.11. The molecular formula is C16H18N2O3. The first kappa shape index (κ1) is 13.8. The summed E-state index contributed by atoms with van der Waals surface area (Å²) in [7, 11) is 0. The highest BCUT2D eigenvalue weighted by atomic mass is 16.4. The van der Waals surface area contributed by atoms with Crippen LogP contribution in [0.5, 0.6) is 0 Å². The van der Waals surface area contributed by atoms with Crippen LogP contribution in [0.3, 0.4) is 0 Å². The molecule has 5 heteroatoms. The number of aliphatic hydroxyl groups excluding tert-OH is 1. The first-order valence-corrected chi connectivity index (χ1v) is 7.11. The van der Waals surface area contributed by atoms with E-state index in [1.165, 1.54) is 0 Å². The Bertz CT molecular complexity index is 636. The van der Waals surface area contributed by atoms with Gasteiger partial charge in [-0.25, -0.2) is 4.98 Å². The second-order valence-corrected chi connectivity index (χ2v) is 5.35. The van der Waals surface area contributed by atoms with E-state index in [2.05, 4.69) is 4.98 Å². The van der Waals surface area contributed by atoms with Crippen molar-refractivity contribution >= 4 is 5.91 Å². The largest absolute Gasteiger partial charge is 0.441 e. The third kappa shape index (κ3) is 2.97. The molecule has 2 heterocycles. The van der Waals surface area contributed by atoms with Crippen LogP contribution in [0.4, 0.5) is 0 Å². The number of carbonyl (C=O) groups is 1. The van der Waals surface area contributed by atoms with Gasteiger partial charge in [0.1, 0.15) is 5.76 Å². The summed E-state index contributed by atoms with van der Waals surface area (Å²) in [6, 6.07) is 9.63. The first-order chi connectivity index (χ1) is 10.1. The predicted molar refractivity (Wildman–Crippen MR) is 77.6 cm³/mol. The molecule has 21 heavy (non-hydrogen) atoms. The van der Waals surface area contributed by atoms with Crippen molar-refractivity contribution in [1.29, 1.82) is 0 Å². The third-order valence-corrected chi connectivity index (χ3v) is 3.75. The van der Waals surface area contributed by atoms with Crippen LogP contribution >= 0.6 is 0 Å². The number of likely N-dealkylation sites (tertiary alicyclic amines) is 1. The third-order valence-electron chi connectivity index (χ3n) is 3.75. The summed E-state index contributed by atoms with van der Waals surface area (Å²) < 4.78 is 5.65. The Kier molecular flexibility index (Phi) is 3.75. The van der Waals surface area contributed by atoms with Gasteiger partial charge in [-0.2, -0.15) is 0 Å². The average molecular weight is 286 g/mol. The van der Waals surface area contributed by atoms with Gasteiger partial charge in [0.25, 0.3) is 0 Å². The quantitative estimate of drug-likeness (QED) is 0.934. The summed E-state index contributed by atoms with van der Waals surface area (Å²) in [6.07, 6.45) is 0.473. The molecule has 2 aromatic rings. The maximum absolute atomic E-state index is 12.2. The van der Waals surface area contributed by atoms with Gasteiger partial charge in [-0.05, 0) is 25.5 Å². The van der Waals surface area contributed by atoms with Gasteiger partial charge in [0.15, 0.2) is 0 Å². The summed E-state index contributed by atoms with van der Waals surface area (Å²) in [5, 5.41) is 9.49. The highest BCUT2D eigenvalue weighted by Crippen LogP contribution is 2.22. The molecule has 1 aliphatic heterocycles. The van der Waals surface area contributed by atoms with Crippen molar-refractivity contribution in [2.75, 3.05) is 13.1 Å². The Morgan fingerprint density at radius 3 is 2.86 bits per heavy atom. The number of benzene rings is 1. The monoisotopic (exact) mass is 286 g/mol. The molecule has 1 atom stereocenters. The van der Waals surface area contributed by atoms with Crippen LogP contribution in [-0.2, 0) is 11.2 Å². The molecule has 1 aromatic carbocycles. The minimum Gasteiger partial charge on any atom is -0.441 e. The number of β-amino-alcohol motifs (C(OH)–C–C–N with tert-alkyl or cyclic N) is 1. The van der Waals surface area contributed by atoms with Crippen LogP contribution in [-0.4, -0.2) is 40.1 Å². The normalized spacial score (nSPS) is 18.2. The van der Waals surface area contributed by atoms with E-state index >= 15 is 0 Å². The zero-order valence-electron chi connectivity index (χ0n) is 12.0. The van der Waals surface area contributed by atoms with Gasteiger partial charge in [0, 0.05) is 18.7 Å². The summed E-state index contributed by atoms with van der Waals surface area (Å²) in [6.45, 7) is 2.85. The highest BCUT2D eigenvalue weighted by Gasteiger charge is 2.26. The van der Waals surface area contributed by atoms with Crippen LogP contribution < -0.4 is 0 Å². The number of hydrogen-bond donors (Lipinski definition) is 1. The molecule has 1 aliphatic rings. The van der Waals surface area contributed by atoms with Crippen molar-refractivity contribution in [1.82, 2.24) is 9.88 Å². The molecule has 1 N–H and O–H groups in total. The van der Waals surface area contributed by atoms with Gasteiger partial charge in [-0.15, -0.1) is 0 Å². The number of aryl methyl sites for hydroxylation is 1. The van der Waals surface area contributed by atoms with Gasteiger partial charge in [-0.1, -0.05) is 18.2 Å². The van der Waals surface area contributed by atoms with E-state index in [0.717, 1.165) is 5.56 Å². The van der Waals surface area contributed by atoms with Gasteiger partial charge < -0.3 is 14.4 Å². The maximum atomic E-state index is 12.2. The SMILES string of the molecule is Cc1oc(-c2ccccc2)nc1CC(=O)N1CC[C@@H](O)C1. The van der Waals surface area contributed by atoms with Crippen molar-refractivity contribution < 1.29 is 14.3 Å². The number of carbonyl (C=O) groups excluding carboxylic acids is 1. The van der Waals surface area contributed by atoms with Crippen molar-refractivity contribution in [3.05, 3.63) is 41.8 Å². The maximum Gasteiger partial charge on any atom is 0.228 e. The number of rotatable bonds is 3. The minimum absolute atomic E-state index is 0.0115. The Morgan fingerprint density at radius 2 is 2.19 bits per heavy atom. The van der Waals surface area contributed by atoms with Crippen LogP contribution in [0.2, 0.25) is 0 Å². The molecule has 3 rings (SSSR count). The lowest BCUT2D eigenvalue weighted by Crippen LogP contribution is -2.31. The molecule has 0 aliphatic carbocycles. The van der Waals surface area contributed by atoms with Gasteiger partial charge in [0.2, 0.25) is 11.8 Å². The Labute approximate surface area is 123 Å². The fraction of sp³-hybridized carbons (Fsp3) is 0.375. The smallest absolute Gasteiger partial charge is 0.228 e. The lowest BCUT2D eigenvalue weighted by Gasteiger charge is -2.14. The molecule has 110 valence electrons. The van der Waals surface area contributed by atoms with E-state index in [1.807, 2.05) is 37.3 Å². The summed E-state index contributed by atoms with van der Waals surface area (Å²) in [4.78, 5) is 18.3. The molecule has 0 unspecified atom stereocenters. The Balaban J connectivity index is 1.74. The molecule has 5 nitrogen and oxygen atoms in total. The zero-order valence-corrected chi connectivity index (χ0v) is 12.0. The summed E-state index contributed by atoms with van der Waals surface area (Å²) in [5.74, 6) is 1.20. The molecule has 1 amide bonds. The molecule has 0 spiro atoms. The molecule has 1 fully saturated rings. The molecule has 0 saturated carbocycles. The Hall–Kier alpha value is -2.14. The van der Waals surface area contributed by atoms with Crippen molar-refractivity contribution in [2.24, 2.45) is 0 Å². The molecule has 1 saturated heterocycles. The zero-order chi connectivity index (χ0) is 14.8. The van der Waals surface area contributed by atoms with Crippen molar-refractivity contribution in [3.63, 3.8) is 0 Å². The van der Waals surface area contributed by atoms with Crippen LogP contribution in [0.15, 0.2) is 34.7 Å². The number of hydrogen-bond acceptors (Lipinski definition) is 4. The fourth-order valence-corrected chi connectivity index (χ4v) is 2.52. The van der Waals surface area contributed by atoms with E-state index in [9.17, 15) is 9.90 Å². The second-order valence-electron chi connectivity index (χ2n) is 5.35. The number of nitrogens with zero attached hydrogens (tertiary/aromatic N) is 2. The van der Waals surface area contributed by atoms with E-state index in [4.69, 9.17) is 4.42 Å². The van der Waals surface area contributed by atoms with Crippen LogP contribution in [0, 0.1) is 6.92 Å². The fourth-order valence-electron chi connectivity index (χ4n) is 2.52. The molecule has 0 radical (unpaired) electrons. The van der Waals surface area contributed by atoms with Crippen molar-refractivity contribution in [2.45, 2.75) is 25.9 Å². The van der Waals surface area contributed by atoms with Gasteiger partial charge in [0.05, 0.1) is 18.2 Å². The van der Waals surface area contributed by atoms with Crippen LogP contribution in [0.25, 0.3) is 11.5 Å². The lowest BCUT2D eigenvalue weighted by atomic mass is 10.2. The summed E-state index contributed by atoms with van der Waals surface area (Å²) in [5.41, 5.74) is 1.57. The summed E-state index contributed by atoms with van der Waals surface area (Å²) >= 11 is 0. The Morgan fingerprint density at radius 1 is 1.43 bits per heavy atom. The highest BCUT2D eigenvalue weighted by molar-refractivity contribution is 5.79. The topological polar surface area (TPSA) is 66.6 Å². The number of oxazole rings is 1. The van der Waals surface area contributed by atoms with Crippen LogP contribution in [0.1, 0.15) is 17.9 Å². The van der Waals surface area contributed by atoms with Gasteiger partial charge in [-0.3, -0.25) is 4.79 Å². The van der Waals surface area contributed by atoms with Gasteiger partial charge >= 0.3 is 0 Å². The van der Waals surface area contributed by atoms with E-state index < -0.39 is 6.10 Å². The minimum atomic E-state index is -0.396. The van der Waals surface area contributed by atoms with E-state index in [1.54, 1.807) is 4.90 Å². The number of amides is 1. The van der Waals surface area contributed by atoms with E-state index in [-0.39, 0.29) is 12.3 Å². The number of aliphatic hydroxyl groups is 1. The molecule has 1 aromatic heterocycles. The lowest BCUT2D eigenvalue weighted by molar-refractivity contribution is -0.129.